The van der Waals surface area contributed by atoms with Crippen LogP contribution in [0.1, 0.15) is 11.3 Å². The van der Waals surface area contributed by atoms with Gasteiger partial charge in [0.05, 0.1) is 12.1 Å². The number of thiocarbonyl (C=S) groups is 1. The third-order valence-corrected chi connectivity index (χ3v) is 2.42. The molecule has 1 aromatic carbocycles. The van der Waals surface area contributed by atoms with E-state index in [9.17, 15) is 4.39 Å². The minimum atomic E-state index is -0.442. The lowest BCUT2D eigenvalue weighted by molar-refractivity contribution is 0.412. The maximum atomic E-state index is 13.5. The van der Waals surface area contributed by atoms with Gasteiger partial charge in [0.15, 0.2) is 0 Å². The minimum Gasteiger partial charge on any atom is -0.389 e. The highest BCUT2D eigenvalue weighted by molar-refractivity contribution is 7.80. The molecule has 0 saturated carbocycles. The van der Waals surface area contributed by atoms with E-state index in [2.05, 4.69) is 15.0 Å². The second-order valence-corrected chi connectivity index (χ2v) is 3.81. The van der Waals surface area contributed by atoms with Crippen LogP contribution in [0.3, 0.4) is 0 Å². The highest BCUT2D eigenvalue weighted by Crippen LogP contribution is 2.19. The molecule has 1 heterocycles. The molecule has 0 radical (unpaired) electrons. The van der Waals surface area contributed by atoms with E-state index in [1.807, 2.05) is 0 Å². The van der Waals surface area contributed by atoms with E-state index in [0.717, 1.165) is 0 Å². The highest BCUT2D eigenvalue weighted by Gasteiger charge is 2.10. The molecule has 1 aromatic heterocycles. The fourth-order valence-corrected chi connectivity index (χ4v) is 1.64. The van der Waals surface area contributed by atoms with E-state index < -0.39 is 5.82 Å². The van der Waals surface area contributed by atoms with Crippen molar-refractivity contribution in [1.82, 2.24) is 5.16 Å². The number of aromatic nitrogens is 1. The average molecular weight is 251 g/mol. The molecule has 0 aliphatic heterocycles. The quantitative estimate of drug-likeness (QED) is 0.814. The molecule has 0 bridgehead atoms. The Bertz CT molecular complexity index is 528. The minimum absolute atomic E-state index is 0.0192. The number of anilines is 1. The Balaban J connectivity index is 2.21. The summed E-state index contributed by atoms with van der Waals surface area (Å²) in [6, 6.07) is 6.32. The van der Waals surface area contributed by atoms with E-state index >= 15 is 0 Å². The molecule has 0 amide bonds. The molecule has 0 atom stereocenters. The smallest absolute Gasteiger partial charge is 0.135 e. The zero-order chi connectivity index (χ0) is 12.3. The van der Waals surface area contributed by atoms with Gasteiger partial charge in [0.1, 0.15) is 22.8 Å². The summed E-state index contributed by atoms with van der Waals surface area (Å²) >= 11 is 4.81. The van der Waals surface area contributed by atoms with Gasteiger partial charge in [0.25, 0.3) is 0 Å². The summed E-state index contributed by atoms with van der Waals surface area (Å²) in [4.78, 5) is 0.0192. The van der Waals surface area contributed by atoms with Crippen LogP contribution in [0.25, 0.3) is 0 Å². The topological polar surface area (TPSA) is 64.1 Å². The van der Waals surface area contributed by atoms with Gasteiger partial charge in [-0.3, -0.25) is 0 Å². The monoisotopic (exact) mass is 251 g/mol. The van der Waals surface area contributed by atoms with Crippen molar-refractivity contribution in [2.24, 2.45) is 5.73 Å². The van der Waals surface area contributed by atoms with E-state index in [-0.39, 0.29) is 10.6 Å². The van der Waals surface area contributed by atoms with Gasteiger partial charge in [-0.25, -0.2) is 4.39 Å². The maximum absolute atomic E-state index is 13.5. The summed E-state index contributed by atoms with van der Waals surface area (Å²) in [5, 5.41) is 6.74. The Morgan fingerprint density at radius 1 is 1.47 bits per heavy atom. The van der Waals surface area contributed by atoms with Gasteiger partial charge in [-0.2, -0.15) is 0 Å². The van der Waals surface area contributed by atoms with Crippen LogP contribution in [0.5, 0.6) is 0 Å². The molecule has 88 valence electrons. The summed E-state index contributed by atoms with van der Waals surface area (Å²) in [7, 11) is 0. The first kappa shape index (κ1) is 11.5. The molecular weight excluding hydrogens is 241 g/mol. The predicted octanol–water partition coefficient (Wildman–Crippen LogP) is 2.06. The van der Waals surface area contributed by atoms with Crippen LogP contribution >= 0.6 is 12.2 Å². The fraction of sp³-hybridized carbons (Fsp3) is 0.0909. The van der Waals surface area contributed by atoms with E-state index in [0.29, 0.717) is 17.9 Å². The zero-order valence-corrected chi connectivity index (χ0v) is 9.63. The number of rotatable bonds is 4. The molecule has 2 rings (SSSR count). The molecule has 0 spiro atoms. The summed E-state index contributed by atoms with van der Waals surface area (Å²) in [6.45, 7) is 0.412. The SMILES string of the molecule is NC(=S)c1c(F)cccc1NCc1ccon1. The van der Waals surface area contributed by atoms with Crippen LogP contribution in [0.15, 0.2) is 35.1 Å². The zero-order valence-electron chi connectivity index (χ0n) is 8.81. The first-order valence-electron chi connectivity index (χ1n) is 4.90. The van der Waals surface area contributed by atoms with Gasteiger partial charge >= 0.3 is 0 Å². The Morgan fingerprint density at radius 2 is 2.29 bits per heavy atom. The molecule has 2 aromatic rings. The highest BCUT2D eigenvalue weighted by atomic mass is 32.1. The Labute approximate surface area is 103 Å². The summed E-state index contributed by atoms with van der Waals surface area (Å²) in [5.41, 5.74) is 6.95. The van der Waals surface area contributed by atoms with Crippen molar-refractivity contribution in [2.75, 3.05) is 5.32 Å². The van der Waals surface area contributed by atoms with Crippen molar-refractivity contribution < 1.29 is 8.91 Å². The molecule has 17 heavy (non-hydrogen) atoms. The Kier molecular flexibility index (Phi) is 3.34. The number of hydrogen-bond acceptors (Lipinski definition) is 4. The van der Waals surface area contributed by atoms with Crippen molar-refractivity contribution in [3.05, 3.63) is 47.6 Å². The van der Waals surface area contributed by atoms with Crippen molar-refractivity contribution >= 4 is 22.9 Å². The van der Waals surface area contributed by atoms with Crippen molar-refractivity contribution in [1.29, 1.82) is 0 Å². The van der Waals surface area contributed by atoms with Crippen molar-refractivity contribution in [3.63, 3.8) is 0 Å². The largest absolute Gasteiger partial charge is 0.389 e. The first-order valence-corrected chi connectivity index (χ1v) is 5.31. The number of benzene rings is 1. The predicted molar refractivity (Wildman–Crippen MR) is 66.1 cm³/mol. The number of halogens is 1. The summed E-state index contributed by atoms with van der Waals surface area (Å²) in [6.07, 6.45) is 1.47. The molecule has 6 heteroatoms. The number of hydrogen-bond donors (Lipinski definition) is 2. The normalized spacial score (nSPS) is 10.2. The molecule has 0 unspecified atom stereocenters. The van der Waals surface area contributed by atoms with Crippen LogP contribution in [0, 0.1) is 5.82 Å². The molecule has 0 saturated heterocycles. The standard InChI is InChI=1S/C11H10FN3OS/c12-8-2-1-3-9(10(8)11(13)17)14-6-7-4-5-16-15-7/h1-5,14H,6H2,(H2,13,17). The van der Waals surface area contributed by atoms with E-state index in [4.69, 9.17) is 18.0 Å². The molecule has 0 aliphatic rings. The van der Waals surface area contributed by atoms with E-state index in [1.54, 1.807) is 18.2 Å². The lowest BCUT2D eigenvalue weighted by Crippen LogP contribution is -2.15. The van der Waals surface area contributed by atoms with Gasteiger partial charge in [0.2, 0.25) is 0 Å². The van der Waals surface area contributed by atoms with Crippen molar-refractivity contribution in [3.8, 4) is 0 Å². The second kappa shape index (κ2) is 4.92. The number of nitrogens with two attached hydrogens (primary N) is 1. The van der Waals surface area contributed by atoms with Crippen molar-refractivity contribution in [2.45, 2.75) is 6.54 Å². The number of nitrogens with zero attached hydrogens (tertiary/aromatic N) is 1. The van der Waals surface area contributed by atoms with E-state index in [1.165, 1.54) is 12.3 Å². The van der Waals surface area contributed by atoms with Gasteiger partial charge in [-0.05, 0) is 12.1 Å². The lowest BCUT2D eigenvalue weighted by Gasteiger charge is -2.10. The molecule has 0 fully saturated rings. The van der Waals surface area contributed by atoms with Gasteiger partial charge in [-0.1, -0.05) is 23.4 Å². The third kappa shape index (κ3) is 2.59. The van der Waals surface area contributed by atoms with Gasteiger partial charge < -0.3 is 15.6 Å². The average Bonchev–Trinajstić information content (AvgIpc) is 2.78. The lowest BCUT2D eigenvalue weighted by atomic mass is 10.1. The number of nitrogens with one attached hydrogen (secondary N) is 1. The third-order valence-electron chi connectivity index (χ3n) is 2.21. The second-order valence-electron chi connectivity index (χ2n) is 3.37. The maximum Gasteiger partial charge on any atom is 0.135 e. The van der Waals surface area contributed by atoms with Crippen LogP contribution in [0.4, 0.5) is 10.1 Å². The van der Waals surface area contributed by atoms with Gasteiger partial charge in [0, 0.05) is 11.8 Å². The molecular formula is C11H10FN3OS. The van der Waals surface area contributed by atoms with Crippen LogP contribution in [0.2, 0.25) is 0 Å². The molecule has 0 aliphatic carbocycles. The van der Waals surface area contributed by atoms with Gasteiger partial charge in [-0.15, -0.1) is 0 Å². The summed E-state index contributed by atoms with van der Waals surface area (Å²) < 4.78 is 18.2. The Morgan fingerprint density at radius 3 is 2.94 bits per heavy atom. The molecule has 3 N–H and O–H groups in total. The van der Waals surface area contributed by atoms with Crippen LogP contribution in [-0.2, 0) is 6.54 Å². The first-order chi connectivity index (χ1) is 8.18. The van der Waals surface area contributed by atoms with Crippen LogP contribution in [-0.4, -0.2) is 10.1 Å². The van der Waals surface area contributed by atoms with Crippen LogP contribution < -0.4 is 11.1 Å². The Hall–Kier alpha value is -1.95. The molecule has 4 nitrogen and oxygen atoms in total. The summed E-state index contributed by atoms with van der Waals surface area (Å²) in [5.74, 6) is -0.442. The fourth-order valence-electron chi connectivity index (χ4n) is 1.44.